The van der Waals surface area contributed by atoms with Crippen molar-refractivity contribution in [2.75, 3.05) is 19.8 Å². The molecule has 1 atom stereocenters. The number of aromatic nitrogens is 2. The van der Waals surface area contributed by atoms with E-state index in [9.17, 15) is 0 Å². The van der Waals surface area contributed by atoms with Gasteiger partial charge in [-0.2, -0.15) is 0 Å². The van der Waals surface area contributed by atoms with E-state index in [-0.39, 0.29) is 5.60 Å². The monoisotopic (exact) mass is 326 g/mol. The molecule has 0 bridgehead atoms. The van der Waals surface area contributed by atoms with Gasteiger partial charge in [-0.3, -0.25) is 0 Å². The fraction of sp³-hybridized carbons (Fsp3) is 0.750. The molecule has 2 heterocycles. The van der Waals surface area contributed by atoms with Crippen LogP contribution in [-0.2, 0) is 15.1 Å². The molecule has 1 fully saturated rings. The van der Waals surface area contributed by atoms with Gasteiger partial charge in [-0.05, 0) is 29.5 Å². The van der Waals surface area contributed by atoms with Gasteiger partial charge in [0.15, 0.2) is 8.02 Å². The smallest absolute Gasteiger partial charge is 0.178 e. The Labute approximate surface area is 100 Å². The van der Waals surface area contributed by atoms with Gasteiger partial charge in [0.25, 0.3) is 0 Å². The van der Waals surface area contributed by atoms with Crippen molar-refractivity contribution in [1.82, 2.24) is 10.2 Å². The lowest BCUT2D eigenvalue weighted by Gasteiger charge is -2.23. The second-order valence-corrected chi connectivity index (χ2v) is 5.82. The fourth-order valence-electron chi connectivity index (χ4n) is 1.56. The van der Waals surface area contributed by atoms with Crippen molar-refractivity contribution in [3.05, 3.63) is 8.02 Å². The first-order valence-corrected chi connectivity index (χ1v) is 6.37. The van der Waals surface area contributed by atoms with Gasteiger partial charge >= 0.3 is 0 Å². The summed E-state index contributed by atoms with van der Waals surface area (Å²) in [6, 6.07) is 0. The summed E-state index contributed by atoms with van der Waals surface area (Å²) in [6.07, 6.45) is 0.881. The second-order valence-electron chi connectivity index (χ2n) is 3.09. The highest BCUT2D eigenvalue weighted by Crippen LogP contribution is 2.36. The SMILES string of the molecule is CCOC1(c2nnc(I)s2)CCOC1. The molecule has 0 aromatic carbocycles. The molecule has 1 aliphatic heterocycles. The molecular weight excluding hydrogens is 315 g/mol. The van der Waals surface area contributed by atoms with Crippen LogP contribution in [0.25, 0.3) is 0 Å². The van der Waals surface area contributed by atoms with Gasteiger partial charge in [-0.15, -0.1) is 10.2 Å². The van der Waals surface area contributed by atoms with Gasteiger partial charge in [0.2, 0.25) is 0 Å². The van der Waals surface area contributed by atoms with Crippen LogP contribution < -0.4 is 0 Å². The molecule has 4 nitrogen and oxygen atoms in total. The summed E-state index contributed by atoms with van der Waals surface area (Å²) in [6.45, 7) is 4.02. The van der Waals surface area contributed by atoms with E-state index in [2.05, 4.69) is 32.8 Å². The Balaban J connectivity index is 2.26. The quantitative estimate of drug-likeness (QED) is 0.795. The van der Waals surface area contributed by atoms with Crippen molar-refractivity contribution in [3.63, 3.8) is 0 Å². The Morgan fingerprint density at radius 1 is 1.64 bits per heavy atom. The molecule has 1 aromatic heterocycles. The van der Waals surface area contributed by atoms with Crippen LogP contribution in [0.15, 0.2) is 0 Å². The molecule has 0 amide bonds. The summed E-state index contributed by atoms with van der Waals surface area (Å²) < 4.78 is 12.1. The van der Waals surface area contributed by atoms with E-state index in [1.165, 1.54) is 0 Å². The lowest BCUT2D eigenvalue weighted by atomic mass is 10.0. The lowest BCUT2D eigenvalue weighted by molar-refractivity contribution is -0.0487. The first kappa shape index (κ1) is 10.7. The third-order valence-electron chi connectivity index (χ3n) is 2.20. The number of ether oxygens (including phenoxy) is 2. The van der Waals surface area contributed by atoms with Crippen molar-refractivity contribution in [2.24, 2.45) is 0 Å². The fourth-order valence-corrected chi connectivity index (χ4v) is 3.02. The van der Waals surface area contributed by atoms with Crippen LogP contribution in [0.2, 0.25) is 0 Å². The van der Waals surface area contributed by atoms with Crippen LogP contribution in [0.4, 0.5) is 0 Å². The number of hydrogen-bond acceptors (Lipinski definition) is 5. The zero-order valence-corrected chi connectivity index (χ0v) is 10.8. The van der Waals surface area contributed by atoms with Crippen molar-refractivity contribution < 1.29 is 9.47 Å². The molecule has 2 rings (SSSR count). The Kier molecular flexibility index (Phi) is 3.35. The molecular formula is C8H11IN2O2S. The second kappa shape index (κ2) is 4.38. The van der Waals surface area contributed by atoms with E-state index >= 15 is 0 Å². The predicted molar refractivity (Wildman–Crippen MR) is 61.4 cm³/mol. The Morgan fingerprint density at radius 3 is 3.00 bits per heavy atom. The van der Waals surface area contributed by atoms with Crippen LogP contribution in [0.3, 0.4) is 0 Å². The first-order chi connectivity index (χ1) is 6.77. The van der Waals surface area contributed by atoms with Crippen LogP contribution in [-0.4, -0.2) is 30.0 Å². The molecule has 6 heteroatoms. The summed E-state index contributed by atoms with van der Waals surface area (Å²) >= 11 is 3.75. The average molecular weight is 326 g/mol. The van der Waals surface area contributed by atoms with Gasteiger partial charge in [-0.1, -0.05) is 11.3 Å². The first-order valence-electron chi connectivity index (χ1n) is 4.48. The average Bonchev–Trinajstić information content (AvgIpc) is 2.75. The minimum atomic E-state index is -0.324. The van der Waals surface area contributed by atoms with Gasteiger partial charge < -0.3 is 9.47 Å². The molecule has 0 N–H and O–H groups in total. The molecule has 0 aliphatic carbocycles. The van der Waals surface area contributed by atoms with E-state index in [0.717, 1.165) is 21.0 Å². The molecule has 1 saturated heterocycles. The van der Waals surface area contributed by atoms with Crippen LogP contribution in [0, 0.1) is 3.01 Å². The number of nitrogens with zero attached hydrogens (tertiary/aromatic N) is 2. The summed E-state index contributed by atoms with van der Waals surface area (Å²) in [4.78, 5) is 0. The van der Waals surface area contributed by atoms with E-state index in [4.69, 9.17) is 9.47 Å². The number of rotatable bonds is 3. The summed E-state index contributed by atoms with van der Waals surface area (Å²) in [5.74, 6) is 0. The third-order valence-corrected chi connectivity index (χ3v) is 3.97. The molecule has 14 heavy (non-hydrogen) atoms. The minimum Gasteiger partial charge on any atom is -0.378 e. The molecule has 1 unspecified atom stereocenters. The molecule has 0 saturated carbocycles. The number of hydrogen-bond donors (Lipinski definition) is 0. The summed E-state index contributed by atoms with van der Waals surface area (Å²) in [5.41, 5.74) is -0.324. The Bertz CT molecular complexity index is 312. The van der Waals surface area contributed by atoms with Crippen LogP contribution in [0.5, 0.6) is 0 Å². The lowest BCUT2D eigenvalue weighted by Crippen LogP contribution is -2.30. The van der Waals surface area contributed by atoms with Gasteiger partial charge in [0.05, 0.1) is 6.61 Å². The molecule has 0 radical (unpaired) electrons. The Morgan fingerprint density at radius 2 is 2.50 bits per heavy atom. The maximum Gasteiger partial charge on any atom is 0.178 e. The maximum atomic E-state index is 5.77. The zero-order chi connectivity index (χ0) is 10.0. The Hall–Kier alpha value is 0.210. The van der Waals surface area contributed by atoms with E-state index in [1.807, 2.05) is 6.92 Å². The predicted octanol–water partition coefficient (Wildman–Crippen LogP) is 1.79. The van der Waals surface area contributed by atoms with Gasteiger partial charge in [0.1, 0.15) is 5.60 Å². The van der Waals surface area contributed by atoms with Crippen molar-refractivity contribution in [3.8, 4) is 0 Å². The molecule has 1 aromatic rings. The van der Waals surface area contributed by atoms with Crippen molar-refractivity contribution in [1.29, 1.82) is 0 Å². The summed E-state index contributed by atoms with van der Waals surface area (Å²) in [7, 11) is 0. The largest absolute Gasteiger partial charge is 0.378 e. The van der Waals surface area contributed by atoms with Gasteiger partial charge in [0, 0.05) is 19.6 Å². The van der Waals surface area contributed by atoms with Crippen molar-refractivity contribution >= 4 is 33.9 Å². The minimum absolute atomic E-state index is 0.324. The van der Waals surface area contributed by atoms with Crippen LogP contribution in [0.1, 0.15) is 18.4 Å². The zero-order valence-electron chi connectivity index (χ0n) is 7.83. The van der Waals surface area contributed by atoms with E-state index in [1.54, 1.807) is 11.3 Å². The van der Waals surface area contributed by atoms with Gasteiger partial charge in [-0.25, -0.2) is 0 Å². The van der Waals surface area contributed by atoms with E-state index in [0.29, 0.717) is 13.2 Å². The molecule has 1 aliphatic rings. The highest BCUT2D eigenvalue weighted by molar-refractivity contribution is 14.1. The van der Waals surface area contributed by atoms with Crippen molar-refractivity contribution in [2.45, 2.75) is 18.9 Å². The highest BCUT2D eigenvalue weighted by atomic mass is 127. The highest BCUT2D eigenvalue weighted by Gasteiger charge is 2.40. The maximum absolute atomic E-state index is 5.77. The standard InChI is InChI=1S/C8H11IN2O2S/c1-2-13-8(3-4-12-5-8)6-10-11-7(9)14-6/h2-5H2,1H3. The normalized spacial score (nSPS) is 27.0. The number of halogens is 1. The third kappa shape index (κ3) is 1.93. The van der Waals surface area contributed by atoms with E-state index < -0.39 is 0 Å². The molecule has 78 valence electrons. The topological polar surface area (TPSA) is 44.2 Å². The molecule has 0 spiro atoms. The summed E-state index contributed by atoms with van der Waals surface area (Å²) in [5, 5.41) is 9.10. The van der Waals surface area contributed by atoms with Crippen LogP contribution >= 0.6 is 33.9 Å².